The number of ether oxygens (including phenoxy) is 2. The first kappa shape index (κ1) is 31.4. The summed E-state index contributed by atoms with van der Waals surface area (Å²) >= 11 is 1.60. The van der Waals surface area contributed by atoms with Gasteiger partial charge in [0.25, 0.3) is 5.91 Å². The Bertz CT molecular complexity index is 1510. The lowest BCUT2D eigenvalue weighted by Gasteiger charge is -2.37. The van der Waals surface area contributed by atoms with Crippen molar-refractivity contribution in [2.45, 2.75) is 71.5 Å². The summed E-state index contributed by atoms with van der Waals surface area (Å²) in [6.07, 6.45) is 1.20. The Morgan fingerprint density at radius 3 is 2.14 bits per heavy atom. The molecule has 2 heterocycles. The summed E-state index contributed by atoms with van der Waals surface area (Å²) in [5, 5.41) is 7.89. The van der Waals surface area contributed by atoms with Crippen molar-refractivity contribution in [1.29, 1.82) is 0 Å². The van der Waals surface area contributed by atoms with Gasteiger partial charge in [0.2, 0.25) is 0 Å². The lowest BCUT2D eigenvalue weighted by atomic mass is 10.0. The quantitative estimate of drug-likeness (QED) is 0.291. The summed E-state index contributed by atoms with van der Waals surface area (Å²) < 4.78 is 11.0. The van der Waals surface area contributed by atoms with Gasteiger partial charge in [-0.3, -0.25) is 10.1 Å². The summed E-state index contributed by atoms with van der Waals surface area (Å²) in [5.41, 5.74) is 3.39. The number of benzene rings is 2. The second-order valence-corrected chi connectivity index (χ2v) is 14.3. The minimum atomic E-state index is -0.659. The molecule has 0 radical (unpaired) electrons. The summed E-state index contributed by atoms with van der Waals surface area (Å²) in [4.78, 5) is 44.0. The van der Waals surface area contributed by atoms with Gasteiger partial charge in [0, 0.05) is 42.3 Å². The van der Waals surface area contributed by atoms with E-state index in [-0.39, 0.29) is 12.0 Å². The van der Waals surface area contributed by atoms with Crippen LogP contribution >= 0.6 is 11.3 Å². The van der Waals surface area contributed by atoms with Crippen LogP contribution in [0.4, 0.5) is 26.7 Å². The van der Waals surface area contributed by atoms with Gasteiger partial charge in [0.1, 0.15) is 11.2 Å². The molecule has 1 saturated carbocycles. The largest absolute Gasteiger partial charge is 0.444 e. The zero-order valence-electron chi connectivity index (χ0n) is 26.4. The van der Waals surface area contributed by atoms with Crippen molar-refractivity contribution < 1.29 is 23.9 Å². The first-order chi connectivity index (χ1) is 20.8. The maximum absolute atomic E-state index is 13.8. The maximum atomic E-state index is 13.8. The second kappa shape index (κ2) is 12.5. The fourth-order valence-corrected chi connectivity index (χ4v) is 5.84. The van der Waals surface area contributed by atoms with Crippen molar-refractivity contribution in [3.8, 4) is 10.4 Å². The van der Waals surface area contributed by atoms with Crippen molar-refractivity contribution in [2.75, 3.05) is 41.7 Å². The molecule has 0 atom stereocenters. The van der Waals surface area contributed by atoms with E-state index in [2.05, 4.69) is 21.6 Å². The van der Waals surface area contributed by atoms with E-state index >= 15 is 0 Å². The molecule has 5 rings (SSSR count). The number of amides is 3. The monoisotopic (exact) mass is 618 g/mol. The summed E-state index contributed by atoms with van der Waals surface area (Å²) in [6, 6.07) is 15.6. The van der Waals surface area contributed by atoms with Gasteiger partial charge in [0.15, 0.2) is 0 Å². The Kier molecular flexibility index (Phi) is 8.92. The number of hydrogen-bond donors (Lipinski definition) is 2. The SMILES string of the molecule is CC(C)(C)OC(=O)Nc1ccc(-c2cccs2)cc1NC(=O)c1ccc(N2CCN(C(=O)OC(C)(C)C)CC2)cc1C1CC1. The molecule has 0 bridgehead atoms. The molecule has 1 aliphatic heterocycles. The number of anilines is 3. The van der Waals surface area contributed by atoms with Gasteiger partial charge in [-0.25, -0.2) is 9.59 Å². The van der Waals surface area contributed by atoms with Crippen LogP contribution in [0.3, 0.4) is 0 Å². The molecular formula is C34H42N4O5S. The van der Waals surface area contributed by atoms with Crippen molar-refractivity contribution in [3.05, 3.63) is 65.0 Å². The Hall–Kier alpha value is -4.05. The number of hydrogen-bond acceptors (Lipinski definition) is 7. The molecule has 2 fully saturated rings. The van der Waals surface area contributed by atoms with Crippen LogP contribution in [0.15, 0.2) is 53.9 Å². The lowest BCUT2D eigenvalue weighted by Crippen LogP contribution is -2.50. The molecule has 0 unspecified atom stereocenters. The van der Waals surface area contributed by atoms with E-state index in [9.17, 15) is 14.4 Å². The molecule has 9 nitrogen and oxygen atoms in total. The first-order valence-corrected chi connectivity index (χ1v) is 16.0. The first-order valence-electron chi connectivity index (χ1n) is 15.1. The Morgan fingerprint density at radius 1 is 0.818 bits per heavy atom. The zero-order chi connectivity index (χ0) is 31.6. The molecule has 10 heteroatoms. The van der Waals surface area contributed by atoms with Crippen molar-refractivity contribution >= 4 is 46.5 Å². The molecule has 44 heavy (non-hydrogen) atoms. The van der Waals surface area contributed by atoms with Crippen LogP contribution in [0.25, 0.3) is 10.4 Å². The van der Waals surface area contributed by atoms with E-state index < -0.39 is 17.3 Å². The highest BCUT2D eigenvalue weighted by Crippen LogP contribution is 2.43. The van der Waals surface area contributed by atoms with Crippen LogP contribution in [0.5, 0.6) is 0 Å². The van der Waals surface area contributed by atoms with Crippen LogP contribution < -0.4 is 15.5 Å². The predicted octanol–water partition coefficient (Wildman–Crippen LogP) is 7.95. The third-order valence-corrected chi connectivity index (χ3v) is 8.22. The summed E-state index contributed by atoms with van der Waals surface area (Å²) in [7, 11) is 0. The van der Waals surface area contributed by atoms with Crippen molar-refractivity contribution in [2.24, 2.45) is 0 Å². The van der Waals surface area contributed by atoms with Gasteiger partial charge in [-0.1, -0.05) is 12.1 Å². The highest BCUT2D eigenvalue weighted by molar-refractivity contribution is 7.13. The highest BCUT2D eigenvalue weighted by Gasteiger charge is 2.31. The standard InChI is InChI=1S/C34H42N4O5S/c1-33(2,3)42-31(40)36-27-14-11-23(29-8-7-19-44-29)20-28(27)35-30(39)25-13-12-24(21-26(25)22-9-10-22)37-15-17-38(18-16-37)32(41)43-34(4,5)6/h7-8,11-14,19-22H,9-10,15-18H2,1-6H3,(H,35,39)(H,36,40). The molecule has 3 amide bonds. The molecular weight excluding hydrogens is 576 g/mol. The van der Waals surface area contributed by atoms with E-state index in [0.717, 1.165) is 34.5 Å². The smallest absolute Gasteiger partial charge is 0.412 e. The number of carbonyl (C=O) groups excluding carboxylic acids is 3. The van der Waals surface area contributed by atoms with E-state index in [0.29, 0.717) is 49.0 Å². The van der Waals surface area contributed by atoms with Gasteiger partial charge in [-0.2, -0.15) is 0 Å². The minimum absolute atomic E-state index is 0.233. The Labute approximate surface area is 263 Å². The molecule has 3 aromatic rings. The van der Waals surface area contributed by atoms with Gasteiger partial charge < -0.3 is 24.6 Å². The average molecular weight is 619 g/mol. The van der Waals surface area contributed by atoms with E-state index in [1.807, 2.05) is 62.5 Å². The molecule has 2 aromatic carbocycles. The fraction of sp³-hybridized carbons (Fsp3) is 0.441. The molecule has 234 valence electrons. The minimum Gasteiger partial charge on any atom is -0.444 e. The van der Waals surface area contributed by atoms with Crippen LogP contribution in [0.2, 0.25) is 0 Å². The normalized spacial score (nSPS) is 15.5. The Morgan fingerprint density at radius 2 is 1.52 bits per heavy atom. The maximum Gasteiger partial charge on any atom is 0.412 e. The molecule has 1 aromatic heterocycles. The molecule has 0 spiro atoms. The number of thiophene rings is 1. The molecule has 1 saturated heterocycles. The number of piperazine rings is 1. The molecule has 2 N–H and O–H groups in total. The van der Waals surface area contributed by atoms with Crippen LogP contribution in [0.1, 0.15) is 76.2 Å². The third kappa shape index (κ3) is 8.11. The number of rotatable bonds is 6. The summed E-state index contributed by atoms with van der Waals surface area (Å²) in [5.74, 6) is 0.0966. The average Bonchev–Trinajstić information content (AvgIpc) is 3.65. The third-order valence-electron chi connectivity index (χ3n) is 7.30. The van der Waals surface area contributed by atoms with Crippen molar-refractivity contribution in [3.63, 3.8) is 0 Å². The van der Waals surface area contributed by atoms with Crippen molar-refractivity contribution in [1.82, 2.24) is 4.90 Å². The van der Waals surface area contributed by atoms with Gasteiger partial charge >= 0.3 is 12.2 Å². The lowest BCUT2D eigenvalue weighted by molar-refractivity contribution is 0.0240. The molecule has 2 aliphatic rings. The topological polar surface area (TPSA) is 100 Å². The van der Waals surface area contributed by atoms with Crippen LogP contribution in [-0.4, -0.2) is 60.4 Å². The number of nitrogens with one attached hydrogen (secondary N) is 2. The van der Waals surface area contributed by atoms with Gasteiger partial charge in [-0.15, -0.1) is 11.3 Å². The molecule has 1 aliphatic carbocycles. The van der Waals surface area contributed by atoms with E-state index in [4.69, 9.17) is 9.47 Å². The van der Waals surface area contributed by atoms with E-state index in [1.54, 1.807) is 43.1 Å². The Balaban J connectivity index is 1.34. The zero-order valence-corrected chi connectivity index (χ0v) is 27.2. The highest BCUT2D eigenvalue weighted by atomic mass is 32.1. The number of nitrogens with zero attached hydrogens (tertiary/aromatic N) is 2. The van der Waals surface area contributed by atoms with Gasteiger partial charge in [-0.05, 0) is 113 Å². The van der Waals surface area contributed by atoms with E-state index in [1.165, 1.54) is 0 Å². The second-order valence-electron chi connectivity index (χ2n) is 13.3. The fourth-order valence-electron chi connectivity index (χ4n) is 5.12. The van der Waals surface area contributed by atoms with Crippen LogP contribution in [-0.2, 0) is 9.47 Å². The summed E-state index contributed by atoms with van der Waals surface area (Å²) in [6.45, 7) is 13.5. The van der Waals surface area contributed by atoms with Crippen LogP contribution in [0, 0.1) is 0 Å². The predicted molar refractivity (Wildman–Crippen MR) is 176 cm³/mol. The number of carbonyl (C=O) groups is 3. The van der Waals surface area contributed by atoms with Gasteiger partial charge in [0.05, 0.1) is 11.4 Å².